The summed E-state index contributed by atoms with van der Waals surface area (Å²) in [6, 6.07) is 18.1. The van der Waals surface area contributed by atoms with Gasteiger partial charge < -0.3 is 24.1 Å². The molecule has 1 N–H and O–H groups in total. The molecule has 1 amide bonds. The normalized spacial score (nSPS) is 16.3. The number of hydrogen-bond acceptors (Lipinski definition) is 7. The minimum absolute atomic E-state index is 0.0550. The molecule has 8 heteroatoms. The Kier molecular flexibility index (Phi) is 8.76. The van der Waals surface area contributed by atoms with Gasteiger partial charge in [0, 0.05) is 17.8 Å². The van der Waals surface area contributed by atoms with E-state index in [9.17, 15) is 14.7 Å². The molecule has 204 valence electrons. The zero-order chi connectivity index (χ0) is 27.9. The molecule has 1 saturated heterocycles. The average Bonchev–Trinajstić information content (AvgIpc) is 3.22. The van der Waals surface area contributed by atoms with Crippen LogP contribution < -0.4 is 23.8 Å². The van der Waals surface area contributed by atoms with Crippen LogP contribution in [0.25, 0.3) is 5.76 Å². The van der Waals surface area contributed by atoms with E-state index in [0.29, 0.717) is 54.1 Å². The summed E-state index contributed by atoms with van der Waals surface area (Å²) in [6.07, 6.45) is 0.824. The van der Waals surface area contributed by atoms with Crippen LogP contribution in [0.5, 0.6) is 23.0 Å². The Morgan fingerprint density at radius 3 is 2.28 bits per heavy atom. The zero-order valence-electron chi connectivity index (χ0n) is 22.6. The highest BCUT2D eigenvalue weighted by atomic mass is 16.5. The van der Waals surface area contributed by atoms with Crippen molar-refractivity contribution in [2.45, 2.75) is 33.2 Å². The molecule has 1 aliphatic rings. The summed E-state index contributed by atoms with van der Waals surface area (Å²) in [5.74, 6) is 0.115. The summed E-state index contributed by atoms with van der Waals surface area (Å²) >= 11 is 0. The van der Waals surface area contributed by atoms with Crippen molar-refractivity contribution >= 4 is 23.1 Å². The average molecular weight is 532 g/mol. The number of aliphatic hydroxyl groups excluding tert-OH is 1. The second kappa shape index (κ2) is 12.4. The molecule has 0 saturated carbocycles. The number of anilines is 1. The number of rotatable bonds is 11. The van der Waals surface area contributed by atoms with E-state index in [1.165, 1.54) is 12.0 Å². The molecule has 3 aromatic rings. The maximum absolute atomic E-state index is 13.6. The third kappa shape index (κ3) is 5.70. The Morgan fingerprint density at radius 1 is 0.846 bits per heavy atom. The molecule has 39 heavy (non-hydrogen) atoms. The van der Waals surface area contributed by atoms with Gasteiger partial charge in [0.1, 0.15) is 28.8 Å². The topological polar surface area (TPSA) is 94.5 Å². The maximum atomic E-state index is 13.6. The van der Waals surface area contributed by atoms with Gasteiger partial charge in [-0.3, -0.25) is 14.5 Å². The number of amides is 1. The van der Waals surface area contributed by atoms with Gasteiger partial charge in [-0.2, -0.15) is 0 Å². The SMILES string of the molecule is CCCOc1cccc(C2/C(=C(\O)c3ccc(OCC)cc3OCC)C(=O)C(=O)N2c2cccc(OC)c2)c1. The summed E-state index contributed by atoms with van der Waals surface area (Å²) in [7, 11) is 1.53. The molecular formula is C31H33NO7. The van der Waals surface area contributed by atoms with Crippen LogP contribution in [-0.2, 0) is 9.59 Å². The number of ketones is 1. The first-order valence-electron chi connectivity index (χ1n) is 13.0. The third-order valence-corrected chi connectivity index (χ3v) is 6.24. The number of methoxy groups -OCH3 is 1. The van der Waals surface area contributed by atoms with Crippen LogP contribution in [0, 0.1) is 0 Å². The fourth-order valence-corrected chi connectivity index (χ4v) is 4.54. The Bertz CT molecular complexity index is 1380. The number of carbonyl (C=O) groups excluding carboxylic acids is 2. The van der Waals surface area contributed by atoms with Crippen LogP contribution in [-0.4, -0.2) is 43.7 Å². The number of Topliss-reactive ketones (excluding diaryl/α,β-unsaturated/α-hetero) is 1. The molecule has 1 fully saturated rings. The van der Waals surface area contributed by atoms with E-state index >= 15 is 0 Å². The largest absolute Gasteiger partial charge is 0.507 e. The van der Waals surface area contributed by atoms with Crippen molar-refractivity contribution in [3.05, 3.63) is 83.4 Å². The van der Waals surface area contributed by atoms with Crippen molar-refractivity contribution in [1.82, 2.24) is 0 Å². The van der Waals surface area contributed by atoms with Gasteiger partial charge in [0.2, 0.25) is 0 Å². The van der Waals surface area contributed by atoms with Gasteiger partial charge in [-0.25, -0.2) is 0 Å². The smallest absolute Gasteiger partial charge is 0.300 e. The summed E-state index contributed by atoms with van der Waals surface area (Å²) in [6.45, 7) is 7.00. The van der Waals surface area contributed by atoms with E-state index in [0.717, 1.165) is 6.42 Å². The van der Waals surface area contributed by atoms with Crippen LogP contribution >= 0.6 is 0 Å². The van der Waals surface area contributed by atoms with Crippen molar-refractivity contribution in [2.75, 3.05) is 31.8 Å². The molecule has 1 unspecified atom stereocenters. The van der Waals surface area contributed by atoms with Crippen molar-refractivity contribution in [3.63, 3.8) is 0 Å². The van der Waals surface area contributed by atoms with Gasteiger partial charge >= 0.3 is 0 Å². The number of nitrogens with zero attached hydrogens (tertiary/aromatic N) is 1. The fourth-order valence-electron chi connectivity index (χ4n) is 4.54. The van der Waals surface area contributed by atoms with Gasteiger partial charge in [-0.1, -0.05) is 25.1 Å². The van der Waals surface area contributed by atoms with Crippen molar-refractivity contribution in [1.29, 1.82) is 0 Å². The predicted molar refractivity (Wildman–Crippen MR) is 149 cm³/mol. The molecule has 4 rings (SSSR count). The van der Waals surface area contributed by atoms with Crippen molar-refractivity contribution in [2.24, 2.45) is 0 Å². The van der Waals surface area contributed by atoms with E-state index in [1.54, 1.807) is 60.7 Å². The monoisotopic (exact) mass is 531 g/mol. The lowest BCUT2D eigenvalue weighted by atomic mass is 9.94. The highest BCUT2D eigenvalue weighted by molar-refractivity contribution is 6.51. The first-order chi connectivity index (χ1) is 18.9. The molecule has 0 aliphatic carbocycles. The molecule has 0 spiro atoms. The van der Waals surface area contributed by atoms with Crippen molar-refractivity contribution < 1.29 is 33.6 Å². The molecule has 1 aliphatic heterocycles. The summed E-state index contributed by atoms with van der Waals surface area (Å²) in [5, 5.41) is 11.6. The van der Waals surface area contributed by atoms with E-state index < -0.39 is 17.7 Å². The minimum atomic E-state index is -0.927. The third-order valence-electron chi connectivity index (χ3n) is 6.24. The van der Waals surface area contributed by atoms with E-state index in [1.807, 2.05) is 26.8 Å². The number of ether oxygens (including phenoxy) is 4. The molecule has 8 nitrogen and oxygen atoms in total. The van der Waals surface area contributed by atoms with Crippen LogP contribution in [0.3, 0.4) is 0 Å². The Balaban J connectivity index is 1.94. The number of aliphatic hydroxyl groups is 1. The van der Waals surface area contributed by atoms with Gasteiger partial charge in [0.15, 0.2) is 0 Å². The lowest BCUT2D eigenvalue weighted by Crippen LogP contribution is -2.29. The minimum Gasteiger partial charge on any atom is -0.507 e. The summed E-state index contributed by atoms with van der Waals surface area (Å²) in [4.78, 5) is 28.5. The van der Waals surface area contributed by atoms with E-state index in [-0.39, 0.29) is 16.9 Å². The molecule has 3 aromatic carbocycles. The van der Waals surface area contributed by atoms with Gasteiger partial charge in [-0.05, 0) is 62.2 Å². The first-order valence-corrected chi connectivity index (χ1v) is 13.0. The van der Waals surface area contributed by atoms with E-state index in [4.69, 9.17) is 18.9 Å². The van der Waals surface area contributed by atoms with Crippen LogP contribution in [0.4, 0.5) is 5.69 Å². The highest BCUT2D eigenvalue weighted by Crippen LogP contribution is 2.44. The Morgan fingerprint density at radius 2 is 1.56 bits per heavy atom. The summed E-state index contributed by atoms with van der Waals surface area (Å²) in [5.41, 5.74) is 1.29. The van der Waals surface area contributed by atoms with Crippen molar-refractivity contribution in [3.8, 4) is 23.0 Å². The van der Waals surface area contributed by atoms with Crippen LogP contribution in [0.2, 0.25) is 0 Å². The van der Waals surface area contributed by atoms with Gasteiger partial charge in [0.25, 0.3) is 11.7 Å². The lowest BCUT2D eigenvalue weighted by Gasteiger charge is -2.26. The predicted octanol–water partition coefficient (Wildman–Crippen LogP) is 5.91. The molecule has 0 radical (unpaired) electrons. The molecule has 1 atom stereocenters. The highest BCUT2D eigenvalue weighted by Gasteiger charge is 2.47. The summed E-state index contributed by atoms with van der Waals surface area (Å²) < 4.78 is 22.6. The number of carbonyl (C=O) groups is 2. The molecule has 0 aromatic heterocycles. The quantitative estimate of drug-likeness (QED) is 0.187. The second-order valence-electron chi connectivity index (χ2n) is 8.82. The van der Waals surface area contributed by atoms with Gasteiger partial charge in [-0.15, -0.1) is 0 Å². The molecule has 0 bridgehead atoms. The Labute approximate surface area is 228 Å². The first kappa shape index (κ1) is 27.6. The Hall–Kier alpha value is -4.46. The lowest BCUT2D eigenvalue weighted by molar-refractivity contribution is -0.132. The number of hydrogen-bond donors (Lipinski definition) is 1. The second-order valence-corrected chi connectivity index (χ2v) is 8.82. The van der Waals surface area contributed by atoms with Crippen LogP contribution in [0.15, 0.2) is 72.3 Å². The number of benzene rings is 3. The standard InChI is InChI=1S/C31H33NO7/c1-5-16-39-23-13-8-10-20(17-23)28-27(29(33)25-15-14-24(37-6-2)19-26(25)38-7-3)30(34)31(35)32(28)21-11-9-12-22(18-21)36-4/h8-15,17-19,28,33H,5-7,16H2,1-4H3/b29-27+. The molecule has 1 heterocycles. The van der Waals surface area contributed by atoms with Crippen LogP contribution in [0.1, 0.15) is 44.4 Å². The zero-order valence-corrected chi connectivity index (χ0v) is 22.6. The molecular weight excluding hydrogens is 498 g/mol. The van der Waals surface area contributed by atoms with E-state index in [2.05, 4.69) is 0 Å². The van der Waals surface area contributed by atoms with Gasteiger partial charge in [0.05, 0.1) is 44.1 Å². The fraction of sp³-hybridized carbons (Fsp3) is 0.290. The maximum Gasteiger partial charge on any atom is 0.300 e.